The Bertz CT molecular complexity index is 1830. The van der Waals surface area contributed by atoms with Gasteiger partial charge in [-0.25, -0.2) is 0 Å². The Hall–Kier alpha value is -4.62. The maximum atomic E-state index is 13.3. The lowest BCUT2D eigenvalue weighted by Crippen LogP contribution is -2.28. The number of benzene rings is 4. The first kappa shape index (κ1) is 28.9. The van der Waals surface area contributed by atoms with Gasteiger partial charge < -0.3 is 20.5 Å². The van der Waals surface area contributed by atoms with Crippen molar-refractivity contribution in [2.24, 2.45) is 13.0 Å². The van der Waals surface area contributed by atoms with Gasteiger partial charge in [-0.1, -0.05) is 67.9 Å². The molecule has 8 heteroatoms. The first-order chi connectivity index (χ1) is 20.1. The zero-order valence-corrected chi connectivity index (χ0v) is 24.8. The maximum absolute atomic E-state index is 13.3. The Labute approximate surface area is 249 Å². The molecule has 7 nitrogen and oxygen atoms in total. The quantitative estimate of drug-likeness (QED) is 0.184. The first-order valence-electron chi connectivity index (χ1n) is 13.9. The number of anilines is 1. The molecule has 1 atom stereocenters. The van der Waals surface area contributed by atoms with Crippen LogP contribution in [0.2, 0.25) is 5.02 Å². The topological polar surface area (TPSA) is 92.2 Å². The predicted molar refractivity (Wildman–Crippen MR) is 169 cm³/mol. The van der Waals surface area contributed by atoms with Crippen molar-refractivity contribution in [2.75, 3.05) is 5.32 Å². The second-order valence-electron chi connectivity index (χ2n) is 10.8. The zero-order chi connectivity index (χ0) is 30.0. The van der Waals surface area contributed by atoms with Crippen LogP contribution in [0.1, 0.15) is 58.8 Å². The van der Waals surface area contributed by atoms with Crippen LogP contribution < -0.4 is 16.0 Å². The summed E-state index contributed by atoms with van der Waals surface area (Å²) in [7, 11) is 1.85. The van der Waals surface area contributed by atoms with E-state index in [0.717, 1.165) is 32.8 Å². The SMILES string of the molecule is CC(C)C(=O)NCc1ccc(Cl)c(C(=O)Nc2ccc3c(c2)cc(C(=O)N[C@@H](C)c2ccc4ccccc4c2)n3C)c1. The third-order valence-electron chi connectivity index (χ3n) is 7.42. The summed E-state index contributed by atoms with van der Waals surface area (Å²) in [5.74, 6) is -0.751. The molecule has 0 saturated heterocycles. The van der Waals surface area contributed by atoms with Crippen molar-refractivity contribution in [2.45, 2.75) is 33.4 Å². The molecular formula is C34H33ClN4O3. The number of nitrogens with zero attached hydrogens (tertiary/aromatic N) is 1. The fraction of sp³-hybridized carbons (Fsp3) is 0.206. The van der Waals surface area contributed by atoms with E-state index in [-0.39, 0.29) is 29.7 Å². The van der Waals surface area contributed by atoms with Crippen LogP contribution in [0.5, 0.6) is 0 Å². The summed E-state index contributed by atoms with van der Waals surface area (Å²) in [4.78, 5) is 38.4. The van der Waals surface area contributed by atoms with Crippen LogP contribution in [0.25, 0.3) is 21.7 Å². The number of hydrogen-bond acceptors (Lipinski definition) is 3. The summed E-state index contributed by atoms with van der Waals surface area (Å²) in [6, 6.07) is 26.6. The van der Waals surface area contributed by atoms with E-state index in [1.807, 2.05) is 68.8 Å². The van der Waals surface area contributed by atoms with Crippen molar-refractivity contribution in [3.05, 3.63) is 112 Å². The molecule has 0 saturated carbocycles. The van der Waals surface area contributed by atoms with Gasteiger partial charge in [0.15, 0.2) is 0 Å². The maximum Gasteiger partial charge on any atom is 0.268 e. The zero-order valence-electron chi connectivity index (χ0n) is 24.0. The van der Waals surface area contributed by atoms with Gasteiger partial charge in [-0.05, 0) is 71.3 Å². The number of halogens is 1. The van der Waals surface area contributed by atoms with Crippen molar-refractivity contribution < 1.29 is 14.4 Å². The highest BCUT2D eigenvalue weighted by atomic mass is 35.5. The molecule has 3 N–H and O–H groups in total. The van der Waals surface area contributed by atoms with E-state index in [9.17, 15) is 14.4 Å². The molecule has 0 unspecified atom stereocenters. The number of hydrogen-bond donors (Lipinski definition) is 3. The van der Waals surface area contributed by atoms with Gasteiger partial charge in [0.25, 0.3) is 11.8 Å². The molecule has 42 heavy (non-hydrogen) atoms. The second kappa shape index (κ2) is 12.1. The Morgan fingerprint density at radius 2 is 1.57 bits per heavy atom. The highest BCUT2D eigenvalue weighted by molar-refractivity contribution is 6.34. The number of aryl methyl sites for hydroxylation is 1. The summed E-state index contributed by atoms with van der Waals surface area (Å²) < 4.78 is 1.84. The highest BCUT2D eigenvalue weighted by Crippen LogP contribution is 2.26. The van der Waals surface area contributed by atoms with E-state index in [0.29, 0.717) is 28.5 Å². The molecule has 0 spiro atoms. The minimum atomic E-state index is -0.366. The summed E-state index contributed by atoms with van der Waals surface area (Å²) >= 11 is 6.34. The number of nitrogens with one attached hydrogen (secondary N) is 3. The number of amides is 3. The fourth-order valence-corrected chi connectivity index (χ4v) is 5.13. The standard InChI is InChI=1S/C34H33ClN4O3/c1-20(2)32(40)36-19-22-9-13-29(35)28(15-22)33(41)38-27-12-14-30-26(17-27)18-31(39(30)4)34(42)37-21(3)24-11-10-23-7-5-6-8-25(23)16-24/h5-18,20-21H,19H2,1-4H3,(H,36,40)(H,37,42)(H,38,41)/t21-/m0/s1. The van der Waals surface area contributed by atoms with Gasteiger partial charge in [0.2, 0.25) is 5.91 Å². The smallest absolute Gasteiger partial charge is 0.268 e. The van der Waals surface area contributed by atoms with Crippen LogP contribution in [0.4, 0.5) is 5.69 Å². The Kier molecular flexibility index (Phi) is 8.31. The lowest BCUT2D eigenvalue weighted by Gasteiger charge is -2.15. The normalized spacial score (nSPS) is 12.0. The van der Waals surface area contributed by atoms with Crippen LogP contribution >= 0.6 is 11.6 Å². The molecule has 1 aromatic heterocycles. The summed E-state index contributed by atoms with van der Waals surface area (Å²) in [6.07, 6.45) is 0. The Morgan fingerprint density at radius 1 is 0.810 bits per heavy atom. The summed E-state index contributed by atoms with van der Waals surface area (Å²) in [5, 5.41) is 12.3. The van der Waals surface area contributed by atoms with Crippen molar-refractivity contribution in [1.82, 2.24) is 15.2 Å². The van der Waals surface area contributed by atoms with Crippen LogP contribution in [-0.4, -0.2) is 22.3 Å². The van der Waals surface area contributed by atoms with Crippen LogP contribution in [0, 0.1) is 5.92 Å². The summed E-state index contributed by atoms with van der Waals surface area (Å²) in [5.41, 5.74) is 4.05. The number of rotatable bonds is 8. The minimum Gasteiger partial charge on any atom is -0.352 e. The molecule has 0 aliphatic rings. The third kappa shape index (κ3) is 6.16. The Balaban J connectivity index is 1.30. The van der Waals surface area contributed by atoms with Gasteiger partial charge in [-0.15, -0.1) is 0 Å². The van der Waals surface area contributed by atoms with Crippen molar-refractivity contribution >= 4 is 56.7 Å². The molecule has 5 aromatic rings. The van der Waals surface area contributed by atoms with Gasteiger partial charge in [-0.2, -0.15) is 0 Å². The van der Waals surface area contributed by atoms with Gasteiger partial charge in [0.1, 0.15) is 5.69 Å². The molecule has 0 aliphatic heterocycles. The molecule has 1 heterocycles. The van der Waals surface area contributed by atoms with E-state index < -0.39 is 0 Å². The van der Waals surface area contributed by atoms with Crippen molar-refractivity contribution in [1.29, 1.82) is 0 Å². The summed E-state index contributed by atoms with van der Waals surface area (Å²) in [6.45, 7) is 5.91. The Morgan fingerprint density at radius 3 is 2.33 bits per heavy atom. The van der Waals surface area contributed by atoms with Gasteiger partial charge in [-0.3, -0.25) is 14.4 Å². The van der Waals surface area contributed by atoms with Crippen LogP contribution in [0.3, 0.4) is 0 Å². The minimum absolute atomic E-state index is 0.0664. The predicted octanol–water partition coefficient (Wildman–Crippen LogP) is 7.00. The third-order valence-corrected chi connectivity index (χ3v) is 7.75. The van der Waals surface area contributed by atoms with E-state index in [2.05, 4.69) is 40.2 Å². The van der Waals surface area contributed by atoms with Crippen LogP contribution in [-0.2, 0) is 18.4 Å². The van der Waals surface area contributed by atoms with E-state index in [1.165, 1.54) is 0 Å². The molecule has 0 aliphatic carbocycles. The number of fused-ring (bicyclic) bond motifs is 2. The average Bonchev–Trinajstić information content (AvgIpc) is 3.31. The molecular weight excluding hydrogens is 548 g/mol. The van der Waals surface area contributed by atoms with E-state index >= 15 is 0 Å². The average molecular weight is 581 g/mol. The number of carbonyl (C=O) groups excluding carboxylic acids is 3. The fourth-order valence-electron chi connectivity index (χ4n) is 4.92. The monoisotopic (exact) mass is 580 g/mol. The van der Waals surface area contributed by atoms with E-state index in [1.54, 1.807) is 24.3 Å². The highest BCUT2D eigenvalue weighted by Gasteiger charge is 2.18. The van der Waals surface area contributed by atoms with Crippen molar-refractivity contribution in [3.63, 3.8) is 0 Å². The lowest BCUT2D eigenvalue weighted by atomic mass is 10.0. The number of carbonyl (C=O) groups is 3. The lowest BCUT2D eigenvalue weighted by molar-refractivity contribution is -0.124. The van der Waals surface area contributed by atoms with Crippen LogP contribution in [0.15, 0.2) is 84.9 Å². The first-order valence-corrected chi connectivity index (χ1v) is 14.2. The van der Waals surface area contributed by atoms with Gasteiger partial charge >= 0.3 is 0 Å². The number of aromatic nitrogens is 1. The largest absolute Gasteiger partial charge is 0.352 e. The molecule has 0 radical (unpaired) electrons. The van der Waals surface area contributed by atoms with E-state index in [4.69, 9.17) is 11.6 Å². The molecule has 214 valence electrons. The molecule has 0 bridgehead atoms. The van der Waals surface area contributed by atoms with Crippen molar-refractivity contribution in [3.8, 4) is 0 Å². The van der Waals surface area contributed by atoms with Gasteiger partial charge in [0, 0.05) is 36.1 Å². The molecule has 0 fully saturated rings. The molecule has 5 rings (SSSR count). The second-order valence-corrected chi connectivity index (χ2v) is 11.2. The molecule has 4 aromatic carbocycles. The van der Waals surface area contributed by atoms with Gasteiger partial charge in [0.05, 0.1) is 16.6 Å². The molecule has 3 amide bonds.